The molecular weight excluding hydrogens is 356 g/mol. The van der Waals surface area contributed by atoms with Crippen molar-refractivity contribution >= 4 is 20.1 Å². The smallest absolute Gasteiger partial charge is 0.337 e. The van der Waals surface area contributed by atoms with Gasteiger partial charge in [-0.25, -0.2) is 4.79 Å². The molecule has 144 valence electrons. The molecule has 2 rings (SSSR count). The molecule has 27 heavy (non-hydrogen) atoms. The summed E-state index contributed by atoms with van der Waals surface area (Å²) in [6, 6.07) is 16.0. The van der Waals surface area contributed by atoms with Gasteiger partial charge >= 0.3 is 5.97 Å². The first-order valence-corrected chi connectivity index (χ1v) is 11.9. The number of hydrogen-bond donors (Lipinski definition) is 0. The lowest BCUT2D eigenvalue weighted by molar-refractivity contribution is 0.0600. The molecule has 0 fully saturated rings. The Morgan fingerprint density at radius 2 is 1.44 bits per heavy atom. The molecule has 0 bridgehead atoms. The number of hydrogen-bond acceptors (Lipinski definition) is 4. The van der Waals surface area contributed by atoms with Crippen LogP contribution in [-0.4, -0.2) is 27.2 Å². The van der Waals surface area contributed by atoms with Crippen molar-refractivity contribution in [2.45, 2.75) is 45.0 Å². The molecular formula is C22H28O4Si. The van der Waals surface area contributed by atoms with Gasteiger partial charge in [0.2, 0.25) is 0 Å². The van der Waals surface area contributed by atoms with Crippen LogP contribution in [0.25, 0.3) is 0 Å². The molecule has 1 unspecified atom stereocenters. The Morgan fingerprint density at radius 1 is 0.889 bits per heavy atom. The molecule has 0 aliphatic carbocycles. The quantitative estimate of drug-likeness (QED) is 0.379. The minimum atomic E-state index is -2.20. The third kappa shape index (κ3) is 4.93. The maximum atomic E-state index is 13.2. The molecule has 0 radical (unpaired) electrons. The highest BCUT2D eigenvalue weighted by Crippen LogP contribution is 2.40. The zero-order valence-corrected chi connectivity index (χ0v) is 17.9. The Bertz CT molecular complexity index is 789. The van der Waals surface area contributed by atoms with Crippen LogP contribution in [0.4, 0.5) is 0 Å². The van der Waals surface area contributed by atoms with E-state index in [0.717, 1.165) is 5.56 Å². The second-order valence-electron chi connectivity index (χ2n) is 8.10. The van der Waals surface area contributed by atoms with Gasteiger partial charge in [0, 0.05) is 5.56 Å². The van der Waals surface area contributed by atoms with Crippen molar-refractivity contribution in [1.82, 2.24) is 0 Å². The minimum Gasteiger partial charge on any atom is -0.465 e. The van der Waals surface area contributed by atoms with Gasteiger partial charge in [0.25, 0.3) is 0 Å². The van der Waals surface area contributed by atoms with E-state index in [4.69, 9.17) is 9.16 Å². The normalized spacial score (nSPS) is 13.1. The van der Waals surface area contributed by atoms with Gasteiger partial charge in [-0.3, -0.25) is 4.79 Å². The van der Waals surface area contributed by atoms with Crippen molar-refractivity contribution in [3.8, 4) is 0 Å². The van der Waals surface area contributed by atoms with Crippen LogP contribution in [-0.2, 0) is 9.16 Å². The highest BCUT2D eigenvalue weighted by atomic mass is 28.4. The summed E-state index contributed by atoms with van der Waals surface area (Å²) in [6.07, 6.45) is -0.708. The van der Waals surface area contributed by atoms with Gasteiger partial charge in [-0.1, -0.05) is 63.2 Å². The van der Waals surface area contributed by atoms with E-state index >= 15 is 0 Å². The first-order chi connectivity index (χ1) is 12.6. The van der Waals surface area contributed by atoms with E-state index in [9.17, 15) is 9.59 Å². The van der Waals surface area contributed by atoms with E-state index in [2.05, 4.69) is 33.9 Å². The lowest BCUT2D eigenvalue weighted by Crippen LogP contribution is -2.43. The number of carbonyl (C=O) groups is 2. The fraction of sp³-hybridized carbons (Fsp3) is 0.364. The van der Waals surface area contributed by atoms with Gasteiger partial charge in [0.1, 0.15) is 6.10 Å². The zero-order chi connectivity index (χ0) is 20.2. The summed E-state index contributed by atoms with van der Waals surface area (Å²) >= 11 is 0. The predicted octanol–water partition coefficient (Wildman–Crippen LogP) is 5.42. The van der Waals surface area contributed by atoms with Gasteiger partial charge in [-0.15, -0.1) is 0 Å². The molecule has 1 atom stereocenters. The summed E-state index contributed by atoms with van der Waals surface area (Å²) in [5.74, 6) is -0.482. The average Bonchev–Trinajstić information content (AvgIpc) is 2.65. The molecule has 2 aromatic rings. The summed E-state index contributed by atoms with van der Waals surface area (Å²) in [5, 5.41) is -0.0336. The van der Waals surface area contributed by atoms with E-state index in [-0.39, 0.29) is 10.8 Å². The minimum absolute atomic E-state index is 0.0336. The fourth-order valence-electron chi connectivity index (χ4n) is 2.41. The Morgan fingerprint density at radius 3 is 1.93 bits per heavy atom. The summed E-state index contributed by atoms with van der Waals surface area (Å²) in [7, 11) is -0.855. The van der Waals surface area contributed by atoms with E-state index in [1.54, 1.807) is 36.4 Å². The van der Waals surface area contributed by atoms with Crippen molar-refractivity contribution in [2.75, 3.05) is 7.11 Å². The molecule has 0 aliphatic heterocycles. The Hall–Kier alpha value is -2.24. The largest absolute Gasteiger partial charge is 0.465 e. The van der Waals surface area contributed by atoms with Crippen molar-refractivity contribution in [2.24, 2.45) is 0 Å². The second-order valence-corrected chi connectivity index (χ2v) is 12.9. The first-order valence-electron chi connectivity index (χ1n) is 9.02. The van der Waals surface area contributed by atoms with Gasteiger partial charge in [-0.05, 0) is 35.8 Å². The Balaban J connectivity index is 2.43. The monoisotopic (exact) mass is 384 g/mol. The van der Waals surface area contributed by atoms with Gasteiger partial charge in [-0.2, -0.15) is 0 Å². The first kappa shape index (κ1) is 21.1. The number of Topliss-reactive ketones (excluding diaryl/α,β-unsaturated/α-hetero) is 1. The number of esters is 1. The van der Waals surface area contributed by atoms with E-state index in [0.29, 0.717) is 11.1 Å². The molecule has 0 saturated carbocycles. The summed E-state index contributed by atoms with van der Waals surface area (Å²) in [5.41, 5.74) is 1.79. The maximum absolute atomic E-state index is 13.2. The standard InChI is InChI=1S/C22H28O4Si/c1-22(2,3)27(5,6)26-20(19(23)16-10-8-7-9-11-16)17-12-14-18(15-13-17)21(24)25-4/h7-15,20H,1-6H3. The van der Waals surface area contributed by atoms with Crippen LogP contribution in [0.3, 0.4) is 0 Å². The topological polar surface area (TPSA) is 52.6 Å². The Labute approximate surface area is 162 Å². The van der Waals surface area contributed by atoms with Crippen molar-refractivity contribution in [1.29, 1.82) is 0 Å². The molecule has 0 aromatic heterocycles. The van der Waals surface area contributed by atoms with Gasteiger partial charge < -0.3 is 9.16 Å². The van der Waals surface area contributed by atoms with Gasteiger partial charge in [0.05, 0.1) is 12.7 Å². The number of benzene rings is 2. The second kappa shape index (κ2) is 8.19. The Kier molecular flexibility index (Phi) is 6.39. The summed E-state index contributed by atoms with van der Waals surface area (Å²) in [4.78, 5) is 24.9. The number of rotatable bonds is 6. The van der Waals surface area contributed by atoms with Crippen LogP contribution >= 0.6 is 0 Å². The fourth-order valence-corrected chi connectivity index (χ4v) is 3.60. The summed E-state index contributed by atoms with van der Waals surface area (Å²) in [6.45, 7) is 10.7. The van der Waals surface area contributed by atoms with E-state index < -0.39 is 20.4 Å². The van der Waals surface area contributed by atoms with Crippen LogP contribution in [0.1, 0.15) is 53.2 Å². The van der Waals surface area contributed by atoms with Crippen LogP contribution in [0.2, 0.25) is 18.1 Å². The third-order valence-electron chi connectivity index (χ3n) is 5.15. The number of ether oxygens (including phenoxy) is 1. The van der Waals surface area contributed by atoms with Gasteiger partial charge in [0.15, 0.2) is 14.1 Å². The molecule has 0 N–H and O–H groups in total. The molecule has 5 heteroatoms. The molecule has 0 spiro atoms. The lowest BCUT2D eigenvalue weighted by atomic mass is 9.99. The summed E-state index contributed by atoms with van der Waals surface area (Å²) < 4.78 is 11.3. The maximum Gasteiger partial charge on any atom is 0.337 e. The molecule has 4 nitrogen and oxygen atoms in total. The number of methoxy groups -OCH3 is 1. The molecule has 2 aromatic carbocycles. The highest BCUT2D eigenvalue weighted by molar-refractivity contribution is 6.74. The van der Waals surface area contributed by atoms with Crippen molar-refractivity contribution in [3.05, 3.63) is 71.3 Å². The van der Waals surface area contributed by atoms with E-state index in [1.807, 2.05) is 18.2 Å². The lowest BCUT2D eigenvalue weighted by Gasteiger charge is -2.39. The van der Waals surface area contributed by atoms with Crippen molar-refractivity contribution < 1.29 is 18.8 Å². The van der Waals surface area contributed by atoms with Crippen LogP contribution in [0.15, 0.2) is 54.6 Å². The molecule has 0 heterocycles. The molecule has 0 aliphatic rings. The predicted molar refractivity (Wildman–Crippen MR) is 110 cm³/mol. The van der Waals surface area contributed by atoms with Crippen LogP contribution in [0.5, 0.6) is 0 Å². The SMILES string of the molecule is COC(=O)c1ccc(C(O[Si](C)(C)C(C)(C)C)C(=O)c2ccccc2)cc1. The van der Waals surface area contributed by atoms with E-state index in [1.165, 1.54) is 7.11 Å². The van der Waals surface area contributed by atoms with Crippen molar-refractivity contribution in [3.63, 3.8) is 0 Å². The van der Waals surface area contributed by atoms with Crippen LogP contribution in [0, 0.1) is 0 Å². The molecule has 0 amide bonds. The number of ketones is 1. The van der Waals surface area contributed by atoms with Crippen LogP contribution < -0.4 is 0 Å². The number of carbonyl (C=O) groups excluding carboxylic acids is 2. The highest BCUT2D eigenvalue weighted by Gasteiger charge is 2.41. The third-order valence-corrected chi connectivity index (χ3v) is 9.59. The average molecular weight is 385 g/mol. The molecule has 0 saturated heterocycles. The zero-order valence-electron chi connectivity index (χ0n) is 16.9.